The molecule has 0 amide bonds. The lowest BCUT2D eigenvalue weighted by Gasteiger charge is -2.09. The van der Waals surface area contributed by atoms with Crippen molar-refractivity contribution in [3.8, 4) is 0 Å². The lowest BCUT2D eigenvalue weighted by molar-refractivity contribution is 0.960. The maximum atomic E-state index is 6.00. The van der Waals surface area contributed by atoms with E-state index in [4.69, 9.17) is 11.6 Å². The Bertz CT molecular complexity index is 498. The van der Waals surface area contributed by atoms with Crippen LogP contribution in [-0.2, 0) is 6.42 Å². The molecule has 6 heteroatoms. The van der Waals surface area contributed by atoms with E-state index >= 15 is 0 Å². The number of hydrogen-bond acceptors (Lipinski definition) is 5. The van der Waals surface area contributed by atoms with Crippen LogP contribution in [0.25, 0.3) is 0 Å². The highest BCUT2D eigenvalue weighted by molar-refractivity contribution is 7.09. The summed E-state index contributed by atoms with van der Waals surface area (Å²) in [6.07, 6.45) is 2.70. The van der Waals surface area contributed by atoms with Gasteiger partial charge in [-0.25, -0.2) is 15.0 Å². The van der Waals surface area contributed by atoms with Gasteiger partial charge in [-0.05, 0) is 13.8 Å². The van der Waals surface area contributed by atoms with Gasteiger partial charge in [0.1, 0.15) is 16.8 Å². The van der Waals surface area contributed by atoms with Crippen LogP contribution in [0.2, 0.25) is 5.15 Å². The van der Waals surface area contributed by atoms with Gasteiger partial charge in [-0.1, -0.05) is 11.6 Å². The molecule has 0 saturated heterocycles. The molecular weight excluding hydrogens is 256 g/mol. The average molecular weight is 269 g/mol. The number of rotatable bonds is 4. The third kappa shape index (κ3) is 3.14. The first-order chi connectivity index (χ1) is 8.16. The van der Waals surface area contributed by atoms with Crippen LogP contribution < -0.4 is 5.32 Å². The molecule has 1 N–H and O–H groups in total. The Kier molecular flexibility index (Phi) is 3.91. The van der Waals surface area contributed by atoms with Gasteiger partial charge >= 0.3 is 0 Å². The van der Waals surface area contributed by atoms with Crippen LogP contribution >= 0.6 is 22.9 Å². The maximum Gasteiger partial charge on any atom is 0.137 e. The second kappa shape index (κ2) is 5.42. The lowest BCUT2D eigenvalue weighted by atomic mass is 10.3. The number of hydrogen-bond donors (Lipinski definition) is 1. The zero-order valence-corrected chi connectivity index (χ0v) is 11.3. The fraction of sp³-hybridized carbons (Fsp3) is 0.364. The Morgan fingerprint density at radius 1 is 1.35 bits per heavy atom. The van der Waals surface area contributed by atoms with E-state index in [1.165, 1.54) is 0 Å². The van der Waals surface area contributed by atoms with Crippen LogP contribution in [0.4, 0.5) is 5.82 Å². The Morgan fingerprint density at radius 3 is 2.88 bits per heavy atom. The molecule has 0 saturated carbocycles. The number of aromatic nitrogens is 3. The molecule has 0 fully saturated rings. The van der Waals surface area contributed by atoms with Gasteiger partial charge in [0, 0.05) is 30.1 Å². The second-order valence-electron chi connectivity index (χ2n) is 3.64. The first-order valence-electron chi connectivity index (χ1n) is 5.30. The standard InChI is InChI=1S/C11H13ClN4S/c1-7-10(12)15-8(2)16-11(7)14-4-3-9-13-5-6-17-9/h5-6H,3-4H2,1-2H3,(H,14,15,16). The van der Waals surface area contributed by atoms with E-state index in [2.05, 4.69) is 20.3 Å². The highest BCUT2D eigenvalue weighted by Crippen LogP contribution is 2.19. The van der Waals surface area contributed by atoms with E-state index in [0.29, 0.717) is 11.0 Å². The van der Waals surface area contributed by atoms with Crippen molar-refractivity contribution in [1.29, 1.82) is 0 Å². The van der Waals surface area contributed by atoms with Crippen LogP contribution in [0.5, 0.6) is 0 Å². The number of aryl methyl sites for hydroxylation is 1. The molecule has 0 aliphatic heterocycles. The summed E-state index contributed by atoms with van der Waals surface area (Å²) in [6.45, 7) is 4.53. The molecule has 0 atom stereocenters. The number of nitrogens with zero attached hydrogens (tertiary/aromatic N) is 3. The summed E-state index contributed by atoms with van der Waals surface area (Å²) in [5.74, 6) is 1.48. The van der Waals surface area contributed by atoms with Crippen molar-refractivity contribution in [2.24, 2.45) is 0 Å². The third-order valence-corrected chi connectivity index (χ3v) is 3.52. The molecule has 0 unspecified atom stereocenters. The minimum Gasteiger partial charge on any atom is -0.369 e. The van der Waals surface area contributed by atoms with Crippen molar-refractivity contribution in [3.05, 3.63) is 33.1 Å². The molecule has 0 aromatic carbocycles. The summed E-state index contributed by atoms with van der Waals surface area (Å²) in [4.78, 5) is 12.6. The van der Waals surface area contributed by atoms with Gasteiger partial charge in [-0.15, -0.1) is 11.3 Å². The minimum absolute atomic E-state index is 0.509. The van der Waals surface area contributed by atoms with Gasteiger partial charge in [0.15, 0.2) is 0 Å². The predicted molar refractivity (Wildman–Crippen MR) is 70.8 cm³/mol. The van der Waals surface area contributed by atoms with E-state index in [1.54, 1.807) is 11.3 Å². The van der Waals surface area contributed by atoms with Gasteiger partial charge in [-0.3, -0.25) is 0 Å². The zero-order valence-electron chi connectivity index (χ0n) is 9.70. The van der Waals surface area contributed by atoms with Crippen LogP contribution in [0.3, 0.4) is 0 Å². The third-order valence-electron chi connectivity index (χ3n) is 2.31. The van der Waals surface area contributed by atoms with Crippen LogP contribution in [0.15, 0.2) is 11.6 Å². The predicted octanol–water partition coefficient (Wildman–Crippen LogP) is 2.86. The largest absolute Gasteiger partial charge is 0.369 e. The summed E-state index contributed by atoms with van der Waals surface area (Å²) in [7, 11) is 0. The van der Waals surface area contributed by atoms with E-state index in [9.17, 15) is 0 Å². The topological polar surface area (TPSA) is 50.7 Å². The molecule has 2 aromatic heterocycles. The molecule has 17 heavy (non-hydrogen) atoms. The molecule has 0 spiro atoms. The Hall–Kier alpha value is -1.20. The number of nitrogens with one attached hydrogen (secondary N) is 1. The summed E-state index contributed by atoms with van der Waals surface area (Å²) in [5, 5.41) is 6.87. The monoisotopic (exact) mass is 268 g/mol. The first kappa shape index (κ1) is 12.3. The van der Waals surface area contributed by atoms with Crippen molar-refractivity contribution in [2.45, 2.75) is 20.3 Å². The Balaban J connectivity index is 1.99. The molecule has 0 aliphatic carbocycles. The molecule has 0 aliphatic rings. The molecule has 2 rings (SSSR count). The summed E-state index contributed by atoms with van der Waals surface area (Å²) in [5.41, 5.74) is 0.886. The lowest BCUT2D eigenvalue weighted by Crippen LogP contribution is -2.09. The fourth-order valence-electron chi connectivity index (χ4n) is 1.43. The summed E-state index contributed by atoms with van der Waals surface area (Å²) in [6, 6.07) is 0. The highest BCUT2D eigenvalue weighted by atomic mass is 35.5. The van der Waals surface area contributed by atoms with Gasteiger partial charge in [0.25, 0.3) is 0 Å². The molecule has 4 nitrogen and oxygen atoms in total. The molecule has 0 bridgehead atoms. The van der Waals surface area contributed by atoms with Gasteiger partial charge in [-0.2, -0.15) is 0 Å². The smallest absolute Gasteiger partial charge is 0.137 e. The van der Waals surface area contributed by atoms with Crippen LogP contribution in [0.1, 0.15) is 16.4 Å². The maximum absolute atomic E-state index is 6.00. The van der Waals surface area contributed by atoms with E-state index in [0.717, 1.165) is 29.4 Å². The second-order valence-corrected chi connectivity index (χ2v) is 4.97. The van der Waals surface area contributed by atoms with Gasteiger partial charge in [0.2, 0.25) is 0 Å². The minimum atomic E-state index is 0.509. The number of anilines is 1. The van der Waals surface area contributed by atoms with Crippen molar-refractivity contribution in [1.82, 2.24) is 15.0 Å². The SMILES string of the molecule is Cc1nc(Cl)c(C)c(NCCc2nccs2)n1. The fourth-order valence-corrected chi connectivity index (χ4v) is 2.26. The van der Waals surface area contributed by atoms with Crippen LogP contribution in [-0.4, -0.2) is 21.5 Å². The number of halogens is 1. The van der Waals surface area contributed by atoms with Gasteiger partial charge < -0.3 is 5.32 Å². The normalized spacial score (nSPS) is 10.5. The Labute approximate surface area is 109 Å². The quantitative estimate of drug-likeness (QED) is 0.867. The van der Waals surface area contributed by atoms with E-state index in [-0.39, 0.29) is 0 Å². The average Bonchev–Trinajstić information content (AvgIpc) is 2.78. The van der Waals surface area contributed by atoms with Crippen molar-refractivity contribution >= 4 is 28.8 Å². The molecular formula is C11H13ClN4S. The van der Waals surface area contributed by atoms with Gasteiger partial charge in [0.05, 0.1) is 5.01 Å². The van der Waals surface area contributed by atoms with Crippen molar-refractivity contribution in [3.63, 3.8) is 0 Å². The summed E-state index contributed by atoms with van der Waals surface area (Å²) < 4.78 is 0. The van der Waals surface area contributed by atoms with Crippen molar-refractivity contribution < 1.29 is 0 Å². The number of thiazole rings is 1. The molecule has 90 valence electrons. The highest BCUT2D eigenvalue weighted by Gasteiger charge is 2.06. The Morgan fingerprint density at radius 2 is 2.18 bits per heavy atom. The molecule has 0 radical (unpaired) electrons. The first-order valence-corrected chi connectivity index (χ1v) is 6.55. The molecule has 2 aromatic rings. The van der Waals surface area contributed by atoms with E-state index in [1.807, 2.05) is 25.4 Å². The molecule has 2 heterocycles. The summed E-state index contributed by atoms with van der Waals surface area (Å²) >= 11 is 7.65. The van der Waals surface area contributed by atoms with E-state index < -0.39 is 0 Å². The van der Waals surface area contributed by atoms with Crippen LogP contribution in [0, 0.1) is 13.8 Å². The van der Waals surface area contributed by atoms with Crippen molar-refractivity contribution in [2.75, 3.05) is 11.9 Å². The zero-order chi connectivity index (χ0) is 12.3.